The molecule has 1 aromatic heterocycles. The number of halogens is 1. The van der Waals surface area contributed by atoms with E-state index in [1.807, 2.05) is 60.9 Å². The van der Waals surface area contributed by atoms with E-state index >= 15 is 0 Å². The van der Waals surface area contributed by atoms with Gasteiger partial charge in [0.05, 0.1) is 0 Å². The van der Waals surface area contributed by atoms with Crippen molar-refractivity contribution in [1.82, 2.24) is 9.88 Å². The molecule has 2 aliphatic rings. The summed E-state index contributed by atoms with van der Waals surface area (Å²) in [4.78, 5) is 19.1. The van der Waals surface area contributed by atoms with Crippen LogP contribution in [0.2, 0.25) is 5.02 Å². The Bertz CT molecular complexity index is 1560. The fourth-order valence-corrected chi connectivity index (χ4v) is 5.66. The van der Waals surface area contributed by atoms with Crippen LogP contribution >= 0.6 is 11.6 Å². The quantitative estimate of drug-likeness (QED) is 0.175. The molecule has 3 aromatic carbocycles. The Morgan fingerprint density at radius 1 is 0.795 bits per heavy atom. The summed E-state index contributed by atoms with van der Waals surface area (Å²) in [6.07, 6.45) is 4.60. The Balaban J connectivity index is 1.04. The minimum atomic E-state index is -0.105. The molecular formula is C36H38ClN5O2. The highest BCUT2D eigenvalue weighted by Crippen LogP contribution is 2.32. The number of ether oxygens (including phenoxy) is 2. The molecule has 6 rings (SSSR count). The first kappa shape index (κ1) is 29.9. The van der Waals surface area contributed by atoms with E-state index in [0.717, 1.165) is 79.1 Å². The van der Waals surface area contributed by atoms with Crippen LogP contribution in [0.5, 0.6) is 17.2 Å². The number of nitrogens with zero attached hydrogens (tertiary/aromatic N) is 5. The van der Waals surface area contributed by atoms with Gasteiger partial charge >= 0.3 is 0 Å². The Hall–Kier alpha value is -4.20. The van der Waals surface area contributed by atoms with Gasteiger partial charge in [0.2, 0.25) is 0 Å². The molecule has 0 radical (unpaired) electrons. The largest absolute Gasteiger partial charge is 0.492 e. The monoisotopic (exact) mass is 607 g/mol. The van der Waals surface area contributed by atoms with Crippen LogP contribution in [0.3, 0.4) is 0 Å². The molecule has 0 amide bonds. The van der Waals surface area contributed by atoms with E-state index in [4.69, 9.17) is 31.1 Å². The number of hydrogen-bond donors (Lipinski definition) is 0. The zero-order valence-corrected chi connectivity index (χ0v) is 26.0. The molecule has 0 bridgehead atoms. The minimum absolute atomic E-state index is 0.105. The lowest BCUT2D eigenvalue weighted by Gasteiger charge is -2.35. The van der Waals surface area contributed by atoms with E-state index in [1.54, 1.807) is 0 Å². The molecule has 1 atom stereocenters. The third-order valence-corrected chi connectivity index (χ3v) is 8.12. The van der Waals surface area contributed by atoms with Gasteiger partial charge in [-0.25, -0.2) is 4.99 Å². The number of aromatic nitrogens is 1. The second-order valence-electron chi connectivity index (χ2n) is 11.6. The predicted molar refractivity (Wildman–Crippen MR) is 179 cm³/mol. The molecule has 2 aliphatic heterocycles. The van der Waals surface area contributed by atoms with Crippen molar-refractivity contribution in [2.24, 2.45) is 15.9 Å². The fraction of sp³-hybridized carbons (Fsp3) is 0.306. The molecule has 7 nitrogen and oxygen atoms in total. The van der Waals surface area contributed by atoms with Crippen molar-refractivity contribution < 1.29 is 9.47 Å². The summed E-state index contributed by atoms with van der Waals surface area (Å²) in [5.41, 5.74) is 4.43. The van der Waals surface area contributed by atoms with Crippen LogP contribution in [0, 0.1) is 5.92 Å². The first-order chi connectivity index (χ1) is 21.5. The molecular weight excluding hydrogens is 570 g/mol. The highest BCUT2D eigenvalue weighted by atomic mass is 35.5. The Kier molecular flexibility index (Phi) is 9.54. The molecule has 1 fully saturated rings. The molecule has 44 heavy (non-hydrogen) atoms. The smallest absolute Gasteiger partial charge is 0.155 e. The van der Waals surface area contributed by atoms with E-state index in [1.165, 1.54) is 5.69 Å². The van der Waals surface area contributed by atoms with E-state index < -0.39 is 0 Å². The van der Waals surface area contributed by atoms with Crippen molar-refractivity contribution in [3.8, 4) is 17.2 Å². The summed E-state index contributed by atoms with van der Waals surface area (Å²) in [7, 11) is 0. The van der Waals surface area contributed by atoms with Crippen molar-refractivity contribution >= 4 is 28.8 Å². The lowest BCUT2D eigenvalue weighted by atomic mass is 9.96. The summed E-state index contributed by atoms with van der Waals surface area (Å²) < 4.78 is 12.1. The zero-order valence-electron chi connectivity index (χ0n) is 25.3. The maximum Gasteiger partial charge on any atom is 0.155 e. The number of benzene rings is 3. The van der Waals surface area contributed by atoms with Gasteiger partial charge in [0.1, 0.15) is 29.9 Å². The first-order valence-corrected chi connectivity index (χ1v) is 15.7. The lowest BCUT2D eigenvalue weighted by molar-refractivity contribution is 0.200. The van der Waals surface area contributed by atoms with E-state index in [2.05, 4.69) is 65.0 Å². The van der Waals surface area contributed by atoms with Crippen molar-refractivity contribution in [2.45, 2.75) is 26.3 Å². The van der Waals surface area contributed by atoms with Crippen LogP contribution in [-0.4, -0.2) is 60.8 Å². The van der Waals surface area contributed by atoms with Crippen LogP contribution in [0.4, 0.5) is 5.69 Å². The second-order valence-corrected chi connectivity index (χ2v) is 12.0. The SMILES string of the molecule is CC(C)CC1=NC(c2ccc(OCCN3CCN(c4ccncc4)CC3)cc2)=NC1c1ccc(Oc2ccc(Cl)cc2)cc1. The molecule has 0 N–H and O–H groups in total. The molecule has 0 aliphatic carbocycles. The molecule has 1 unspecified atom stereocenters. The van der Waals surface area contributed by atoms with Gasteiger partial charge in [0.15, 0.2) is 5.84 Å². The van der Waals surface area contributed by atoms with Crippen LogP contribution < -0.4 is 14.4 Å². The highest BCUT2D eigenvalue weighted by Gasteiger charge is 2.26. The molecule has 4 aromatic rings. The van der Waals surface area contributed by atoms with E-state index in [0.29, 0.717) is 17.5 Å². The van der Waals surface area contributed by atoms with Gasteiger partial charge in [-0.05, 0) is 90.7 Å². The van der Waals surface area contributed by atoms with Crippen LogP contribution in [-0.2, 0) is 0 Å². The van der Waals surface area contributed by atoms with Crippen LogP contribution in [0.1, 0.15) is 37.4 Å². The van der Waals surface area contributed by atoms with Gasteiger partial charge in [-0.3, -0.25) is 14.9 Å². The summed E-state index contributed by atoms with van der Waals surface area (Å²) in [6.45, 7) is 10.1. The van der Waals surface area contributed by atoms with E-state index in [9.17, 15) is 0 Å². The Labute approximate surface area is 264 Å². The average molecular weight is 608 g/mol. The van der Waals surface area contributed by atoms with Crippen molar-refractivity contribution in [3.63, 3.8) is 0 Å². The second kappa shape index (κ2) is 14.1. The summed E-state index contributed by atoms with van der Waals surface area (Å²) in [5, 5.41) is 0.685. The first-order valence-electron chi connectivity index (χ1n) is 15.3. The van der Waals surface area contributed by atoms with Gasteiger partial charge in [-0.2, -0.15) is 0 Å². The normalized spacial score (nSPS) is 17.0. The van der Waals surface area contributed by atoms with Gasteiger partial charge < -0.3 is 14.4 Å². The third kappa shape index (κ3) is 7.65. The molecule has 0 spiro atoms. The fourth-order valence-electron chi connectivity index (χ4n) is 5.54. The summed E-state index contributed by atoms with van der Waals surface area (Å²) >= 11 is 6.00. The van der Waals surface area contributed by atoms with E-state index in [-0.39, 0.29) is 6.04 Å². The maximum atomic E-state index is 6.10. The van der Waals surface area contributed by atoms with Crippen molar-refractivity contribution in [2.75, 3.05) is 44.2 Å². The number of aliphatic imine (C=N–C) groups is 2. The van der Waals surface area contributed by atoms with Crippen LogP contribution in [0.15, 0.2) is 107 Å². The lowest BCUT2D eigenvalue weighted by Crippen LogP contribution is -2.47. The van der Waals surface area contributed by atoms with Gasteiger partial charge in [-0.15, -0.1) is 0 Å². The average Bonchev–Trinajstić information content (AvgIpc) is 3.46. The zero-order chi connectivity index (χ0) is 30.3. The molecule has 0 saturated carbocycles. The predicted octanol–water partition coefficient (Wildman–Crippen LogP) is 7.72. The Morgan fingerprint density at radius 2 is 1.43 bits per heavy atom. The molecule has 1 saturated heterocycles. The molecule has 3 heterocycles. The van der Waals surface area contributed by atoms with Gasteiger partial charge in [0, 0.05) is 67.1 Å². The maximum absolute atomic E-state index is 6.10. The number of rotatable bonds is 11. The van der Waals surface area contributed by atoms with Crippen LogP contribution in [0.25, 0.3) is 0 Å². The number of anilines is 1. The standard InChI is InChI=1S/C36H38ClN5O2/c1-26(2)25-34-35(27-3-11-32(12-4-27)44-33-13-7-29(37)8-14-33)40-36(39-34)28-5-9-31(10-6-28)43-24-23-41-19-21-42(22-20-41)30-15-17-38-18-16-30/h3-18,26,35H,19-25H2,1-2H3. The molecule has 8 heteroatoms. The molecule has 226 valence electrons. The topological polar surface area (TPSA) is 62.5 Å². The summed E-state index contributed by atoms with van der Waals surface area (Å²) in [5.74, 6) is 3.63. The number of hydrogen-bond acceptors (Lipinski definition) is 7. The summed E-state index contributed by atoms with van der Waals surface area (Å²) in [6, 6.07) is 27.7. The van der Waals surface area contributed by atoms with Crippen molar-refractivity contribution in [1.29, 1.82) is 0 Å². The number of pyridine rings is 1. The minimum Gasteiger partial charge on any atom is -0.492 e. The van der Waals surface area contributed by atoms with Crippen molar-refractivity contribution in [3.05, 3.63) is 113 Å². The van der Waals surface area contributed by atoms with Gasteiger partial charge in [-0.1, -0.05) is 37.6 Å². The highest BCUT2D eigenvalue weighted by molar-refractivity contribution is 6.30. The third-order valence-electron chi connectivity index (χ3n) is 7.87. The van der Waals surface area contributed by atoms with Gasteiger partial charge in [0.25, 0.3) is 0 Å². The Morgan fingerprint density at radius 3 is 2.09 bits per heavy atom. The number of piperazine rings is 1. The number of amidine groups is 1.